The molecule has 1 N–H and O–H groups in total. The molecule has 0 aliphatic heterocycles. The summed E-state index contributed by atoms with van der Waals surface area (Å²) in [5.74, 6) is -0.222. The van der Waals surface area contributed by atoms with Gasteiger partial charge in [-0.1, -0.05) is 0 Å². The normalized spacial score (nSPS) is 17.1. The second kappa shape index (κ2) is 4.65. The topological polar surface area (TPSA) is 56.2 Å². The Kier molecular flexibility index (Phi) is 3.24. The Balaban J connectivity index is 1.97. The van der Waals surface area contributed by atoms with Crippen LogP contribution in [-0.2, 0) is 16.1 Å². The van der Waals surface area contributed by atoms with Crippen LogP contribution in [0.1, 0.15) is 18.4 Å². The first kappa shape index (κ1) is 11.1. The van der Waals surface area contributed by atoms with Gasteiger partial charge in [-0.2, -0.15) is 5.10 Å². The average Bonchev–Trinajstić information content (AvgIpc) is 2.99. The molecule has 1 fully saturated rings. The van der Waals surface area contributed by atoms with Crippen LogP contribution in [0.2, 0.25) is 0 Å². The molecule has 1 atom stereocenters. The van der Waals surface area contributed by atoms with Crippen molar-refractivity contribution in [3.05, 3.63) is 18.0 Å². The van der Waals surface area contributed by atoms with Gasteiger partial charge in [0.05, 0.1) is 19.9 Å². The Labute approximate surface area is 94.8 Å². The highest BCUT2D eigenvalue weighted by molar-refractivity contribution is 5.75. The standard InChI is InChI=1S/C11H17N3O2/c1-8-5-12-14(6-8)7-10(11(15)16-2)13-9-3-4-9/h5-6,9-10,13H,3-4,7H2,1-2H3. The lowest BCUT2D eigenvalue weighted by Gasteiger charge is -2.15. The summed E-state index contributed by atoms with van der Waals surface area (Å²) in [7, 11) is 1.41. The van der Waals surface area contributed by atoms with Gasteiger partial charge in [0.15, 0.2) is 0 Å². The monoisotopic (exact) mass is 223 g/mol. The molecule has 0 saturated heterocycles. The van der Waals surface area contributed by atoms with E-state index in [9.17, 15) is 4.79 Å². The quantitative estimate of drug-likeness (QED) is 0.738. The van der Waals surface area contributed by atoms with E-state index in [0.717, 1.165) is 18.4 Å². The third kappa shape index (κ3) is 2.82. The van der Waals surface area contributed by atoms with Gasteiger partial charge in [-0.25, -0.2) is 0 Å². The second-order valence-electron chi connectivity index (χ2n) is 4.26. The van der Waals surface area contributed by atoms with Gasteiger partial charge in [0, 0.05) is 12.2 Å². The van der Waals surface area contributed by atoms with E-state index in [-0.39, 0.29) is 12.0 Å². The Morgan fingerprint density at radius 2 is 2.50 bits per heavy atom. The maximum absolute atomic E-state index is 11.6. The average molecular weight is 223 g/mol. The van der Waals surface area contributed by atoms with E-state index in [1.165, 1.54) is 7.11 Å². The molecule has 88 valence electrons. The van der Waals surface area contributed by atoms with Crippen molar-refractivity contribution >= 4 is 5.97 Å². The molecule has 1 aromatic rings. The summed E-state index contributed by atoms with van der Waals surface area (Å²) in [4.78, 5) is 11.6. The molecule has 1 unspecified atom stereocenters. The summed E-state index contributed by atoms with van der Waals surface area (Å²) in [6, 6.07) is 0.178. The van der Waals surface area contributed by atoms with Crippen molar-refractivity contribution in [3.8, 4) is 0 Å². The molecule has 5 heteroatoms. The molecule has 5 nitrogen and oxygen atoms in total. The Hall–Kier alpha value is -1.36. The number of methoxy groups -OCH3 is 1. The predicted molar refractivity (Wildman–Crippen MR) is 58.9 cm³/mol. The summed E-state index contributed by atoms with van der Waals surface area (Å²) in [5.41, 5.74) is 1.09. The van der Waals surface area contributed by atoms with Gasteiger partial charge < -0.3 is 10.1 Å². The summed E-state index contributed by atoms with van der Waals surface area (Å²) in [6.45, 7) is 2.50. The van der Waals surface area contributed by atoms with E-state index < -0.39 is 0 Å². The number of nitrogens with zero attached hydrogens (tertiary/aromatic N) is 2. The van der Waals surface area contributed by atoms with Crippen molar-refractivity contribution in [3.63, 3.8) is 0 Å². The SMILES string of the molecule is COC(=O)C(Cn1cc(C)cn1)NC1CC1. The van der Waals surface area contributed by atoms with Crippen molar-refractivity contribution in [1.29, 1.82) is 0 Å². The largest absolute Gasteiger partial charge is 0.468 e. The zero-order valence-corrected chi connectivity index (χ0v) is 9.64. The minimum atomic E-state index is -0.295. The predicted octanol–water partition coefficient (Wildman–Crippen LogP) is 0.485. The number of ether oxygens (including phenoxy) is 1. The molecule has 2 rings (SSSR count). The first-order valence-electron chi connectivity index (χ1n) is 5.52. The molecule has 0 amide bonds. The molecule has 0 spiro atoms. The third-order valence-electron chi connectivity index (χ3n) is 2.63. The van der Waals surface area contributed by atoms with Crippen LogP contribution in [0.4, 0.5) is 0 Å². The van der Waals surface area contributed by atoms with Crippen LogP contribution in [0.3, 0.4) is 0 Å². The van der Waals surface area contributed by atoms with Crippen LogP contribution in [0.25, 0.3) is 0 Å². The van der Waals surface area contributed by atoms with Gasteiger partial charge >= 0.3 is 5.97 Å². The molecule has 1 saturated carbocycles. The number of aromatic nitrogens is 2. The Morgan fingerprint density at radius 1 is 1.75 bits per heavy atom. The van der Waals surface area contributed by atoms with Crippen LogP contribution in [-0.4, -0.2) is 34.9 Å². The van der Waals surface area contributed by atoms with Crippen LogP contribution < -0.4 is 5.32 Å². The van der Waals surface area contributed by atoms with E-state index in [1.807, 2.05) is 13.1 Å². The van der Waals surface area contributed by atoms with Crippen LogP contribution >= 0.6 is 0 Å². The lowest BCUT2D eigenvalue weighted by molar-refractivity contribution is -0.143. The number of rotatable bonds is 5. The lowest BCUT2D eigenvalue weighted by Crippen LogP contribution is -2.42. The molecule has 16 heavy (non-hydrogen) atoms. The number of carbonyl (C=O) groups excluding carboxylic acids is 1. The molecule has 0 aromatic carbocycles. The number of hydrogen-bond acceptors (Lipinski definition) is 4. The maximum atomic E-state index is 11.6. The fourth-order valence-corrected chi connectivity index (χ4v) is 1.63. The van der Waals surface area contributed by atoms with Gasteiger partial charge in [0.1, 0.15) is 6.04 Å². The van der Waals surface area contributed by atoms with E-state index in [4.69, 9.17) is 4.74 Å². The van der Waals surface area contributed by atoms with E-state index in [2.05, 4.69) is 10.4 Å². The first-order chi connectivity index (χ1) is 7.69. The minimum absolute atomic E-state index is 0.222. The maximum Gasteiger partial charge on any atom is 0.324 e. The smallest absolute Gasteiger partial charge is 0.324 e. The van der Waals surface area contributed by atoms with Gasteiger partial charge in [-0.15, -0.1) is 0 Å². The molecular weight excluding hydrogens is 206 g/mol. The van der Waals surface area contributed by atoms with Crippen molar-refractivity contribution < 1.29 is 9.53 Å². The van der Waals surface area contributed by atoms with Crippen LogP contribution in [0.5, 0.6) is 0 Å². The van der Waals surface area contributed by atoms with Crippen molar-refractivity contribution in [2.24, 2.45) is 0 Å². The number of nitrogens with one attached hydrogen (secondary N) is 1. The van der Waals surface area contributed by atoms with Crippen molar-refractivity contribution in [2.45, 2.75) is 38.4 Å². The Morgan fingerprint density at radius 3 is 3.00 bits per heavy atom. The molecule has 0 radical (unpaired) electrons. The minimum Gasteiger partial charge on any atom is -0.468 e. The number of aryl methyl sites for hydroxylation is 1. The fraction of sp³-hybridized carbons (Fsp3) is 0.636. The summed E-state index contributed by atoms with van der Waals surface area (Å²) in [5, 5.41) is 7.43. The van der Waals surface area contributed by atoms with Gasteiger partial charge in [-0.05, 0) is 25.3 Å². The summed E-state index contributed by atoms with van der Waals surface area (Å²) in [6.07, 6.45) is 5.99. The zero-order chi connectivity index (χ0) is 11.5. The zero-order valence-electron chi connectivity index (χ0n) is 9.64. The first-order valence-corrected chi connectivity index (χ1v) is 5.52. The lowest BCUT2D eigenvalue weighted by atomic mass is 10.3. The number of esters is 1. The van der Waals surface area contributed by atoms with Crippen molar-refractivity contribution in [1.82, 2.24) is 15.1 Å². The van der Waals surface area contributed by atoms with E-state index in [0.29, 0.717) is 12.6 Å². The summed E-state index contributed by atoms with van der Waals surface area (Å²) < 4.78 is 6.55. The van der Waals surface area contributed by atoms with Gasteiger partial charge in [0.2, 0.25) is 0 Å². The number of carbonyl (C=O) groups is 1. The van der Waals surface area contributed by atoms with Crippen LogP contribution in [0, 0.1) is 6.92 Å². The van der Waals surface area contributed by atoms with E-state index in [1.54, 1.807) is 10.9 Å². The molecule has 1 aliphatic rings. The molecule has 0 bridgehead atoms. The number of hydrogen-bond donors (Lipinski definition) is 1. The third-order valence-corrected chi connectivity index (χ3v) is 2.63. The fourth-order valence-electron chi connectivity index (χ4n) is 1.63. The van der Waals surface area contributed by atoms with E-state index >= 15 is 0 Å². The highest BCUT2D eigenvalue weighted by Crippen LogP contribution is 2.19. The summed E-state index contributed by atoms with van der Waals surface area (Å²) >= 11 is 0. The highest BCUT2D eigenvalue weighted by Gasteiger charge is 2.29. The highest BCUT2D eigenvalue weighted by atomic mass is 16.5. The second-order valence-corrected chi connectivity index (χ2v) is 4.26. The van der Waals surface area contributed by atoms with Gasteiger partial charge in [0.25, 0.3) is 0 Å². The molecule has 1 aliphatic carbocycles. The molecule has 1 heterocycles. The van der Waals surface area contributed by atoms with Crippen LogP contribution in [0.15, 0.2) is 12.4 Å². The molecular formula is C11H17N3O2. The Bertz CT molecular complexity index is 371. The van der Waals surface area contributed by atoms with Gasteiger partial charge in [-0.3, -0.25) is 9.48 Å². The molecule has 1 aromatic heterocycles. The van der Waals surface area contributed by atoms with Crippen molar-refractivity contribution in [2.75, 3.05) is 7.11 Å².